The van der Waals surface area contributed by atoms with Gasteiger partial charge in [-0.25, -0.2) is 0 Å². The van der Waals surface area contributed by atoms with Gasteiger partial charge in [0.15, 0.2) is 0 Å². The molecular weight excluding hydrogens is 194 g/mol. The van der Waals surface area contributed by atoms with E-state index in [0.29, 0.717) is 6.42 Å². The Bertz CT molecular complexity index is 247. The summed E-state index contributed by atoms with van der Waals surface area (Å²) in [5, 5.41) is 2.88. The minimum Gasteiger partial charge on any atom is -0.468 e. The maximum Gasteiger partial charge on any atom is 0.323 e. The normalized spacial score (nSPS) is 12.6. The van der Waals surface area contributed by atoms with Gasteiger partial charge >= 0.3 is 5.97 Å². The molecule has 0 bridgehead atoms. The van der Waals surface area contributed by atoms with Gasteiger partial charge in [-0.05, 0) is 7.05 Å². The Morgan fingerprint density at radius 1 is 1.50 bits per heavy atom. The van der Waals surface area contributed by atoms with Gasteiger partial charge in [0.05, 0.1) is 7.11 Å². The highest BCUT2D eigenvalue weighted by atomic mass is 28.3. The first kappa shape index (κ1) is 13.2. The topological polar surface area (TPSA) is 38.3 Å². The first-order chi connectivity index (χ1) is 6.40. The average molecular weight is 213 g/mol. The Balaban J connectivity index is 4.19. The number of esters is 1. The smallest absolute Gasteiger partial charge is 0.323 e. The molecule has 14 heavy (non-hydrogen) atoms. The van der Waals surface area contributed by atoms with E-state index in [2.05, 4.69) is 41.2 Å². The van der Waals surface area contributed by atoms with Crippen LogP contribution in [0, 0.1) is 11.5 Å². The van der Waals surface area contributed by atoms with Crippen molar-refractivity contribution in [1.82, 2.24) is 5.32 Å². The highest BCUT2D eigenvalue weighted by Gasteiger charge is 2.15. The Labute approximate surface area is 87.2 Å². The van der Waals surface area contributed by atoms with E-state index < -0.39 is 8.07 Å². The maximum atomic E-state index is 11.2. The molecule has 80 valence electrons. The summed E-state index contributed by atoms with van der Waals surface area (Å²) < 4.78 is 4.63. The van der Waals surface area contributed by atoms with Gasteiger partial charge in [0, 0.05) is 6.42 Å². The van der Waals surface area contributed by atoms with Crippen molar-refractivity contribution in [3.05, 3.63) is 0 Å². The summed E-state index contributed by atoms with van der Waals surface area (Å²) in [4.78, 5) is 11.2. The first-order valence-electron chi connectivity index (χ1n) is 4.66. The van der Waals surface area contributed by atoms with Crippen molar-refractivity contribution in [2.75, 3.05) is 14.2 Å². The number of hydrogen-bond acceptors (Lipinski definition) is 3. The molecule has 0 aromatic rings. The Hall–Kier alpha value is -0.793. The second-order valence-corrected chi connectivity index (χ2v) is 8.87. The van der Waals surface area contributed by atoms with Gasteiger partial charge in [0.25, 0.3) is 0 Å². The molecule has 3 nitrogen and oxygen atoms in total. The van der Waals surface area contributed by atoms with Crippen molar-refractivity contribution in [3.8, 4) is 11.5 Å². The number of carbonyl (C=O) groups excluding carboxylic acids is 1. The van der Waals surface area contributed by atoms with E-state index >= 15 is 0 Å². The molecule has 4 heteroatoms. The van der Waals surface area contributed by atoms with Crippen molar-refractivity contribution in [1.29, 1.82) is 0 Å². The molecule has 1 atom stereocenters. The fourth-order valence-electron chi connectivity index (χ4n) is 0.864. The van der Waals surface area contributed by atoms with Crippen LogP contribution >= 0.6 is 0 Å². The largest absolute Gasteiger partial charge is 0.468 e. The Morgan fingerprint density at radius 3 is 2.43 bits per heavy atom. The molecule has 1 unspecified atom stereocenters. The van der Waals surface area contributed by atoms with E-state index in [1.54, 1.807) is 7.05 Å². The van der Waals surface area contributed by atoms with Crippen LogP contribution in [-0.4, -0.2) is 34.2 Å². The molecule has 0 rings (SSSR count). The van der Waals surface area contributed by atoms with E-state index in [1.807, 2.05) is 0 Å². The third-order valence-corrected chi connectivity index (χ3v) is 2.53. The molecular formula is C10H19NO2Si. The van der Waals surface area contributed by atoms with Crippen LogP contribution in [0.15, 0.2) is 0 Å². The van der Waals surface area contributed by atoms with Gasteiger partial charge in [0.1, 0.15) is 14.1 Å². The van der Waals surface area contributed by atoms with E-state index in [4.69, 9.17) is 0 Å². The zero-order valence-corrected chi connectivity index (χ0v) is 10.6. The Kier molecular flexibility index (Phi) is 5.51. The lowest BCUT2D eigenvalue weighted by Crippen LogP contribution is -2.34. The zero-order chi connectivity index (χ0) is 11.2. The fraction of sp³-hybridized carbons (Fsp3) is 0.700. The third-order valence-electron chi connectivity index (χ3n) is 1.60. The Morgan fingerprint density at radius 2 is 2.07 bits per heavy atom. The van der Waals surface area contributed by atoms with E-state index in [0.717, 1.165) is 0 Å². The lowest BCUT2D eigenvalue weighted by atomic mass is 10.2. The SMILES string of the molecule is CNC(CC#C[Si](C)(C)C)C(=O)OC. The lowest BCUT2D eigenvalue weighted by molar-refractivity contribution is -0.142. The number of likely N-dealkylation sites (N-methyl/N-ethyl adjacent to an activating group) is 1. The predicted molar refractivity (Wildman–Crippen MR) is 60.6 cm³/mol. The van der Waals surface area contributed by atoms with Crippen LogP contribution in [0.4, 0.5) is 0 Å². The minimum atomic E-state index is -1.32. The standard InChI is InChI=1S/C10H19NO2Si/c1-11-9(10(12)13-2)7-6-8-14(3,4)5/h9,11H,7H2,1-5H3. The molecule has 1 N–H and O–H groups in total. The average Bonchev–Trinajstić information content (AvgIpc) is 2.09. The van der Waals surface area contributed by atoms with Crippen LogP contribution in [0.3, 0.4) is 0 Å². The van der Waals surface area contributed by atoms with E-state index in [1.165, 1.54) is 7.11 Å². The zero-order valence-electron chi connectivity index (χ0n) is 9.60. The third kappa shape index (κ3) is 5.78. The van der Waals surface area contributed by atoms with Gasteiger partial charge in [-0.3, -0.25) is 4.79 Å². The molecule has 0 aliphatic rings. The van der Waals surface area contributed by atoms with Gasteiger partial charge in [0.2, 0.25) is 0 Å². The molecule has 0 aliphatic heterocycles. The summed E-state index contributed by atoms with van der Waals surface area (Å²) in [6.45, 7) is 6.52. The highest BCUT2D eigenvalue weighted by Crippen LogP contribution is 1.98. The molecule has 0 aromatic heterocycles. The maximum absolute atomic E-state index is 11.2. The number of nitrogens with one attached hydrogen (secondary N) is 1. The summed E-state index contributed by atoms with van der Waals surface area (Å²) in [6.07, 6.45) is 0.521. The monoisotopic (exact) mass is 213 g/mol. The minimum absolute atomic E-state index is 0.252. The van der Waals surface area contributed by atoms with Crippen LogP contribution in [0.5, 0.6) is 0 Å². The number of carbonyl (C=O) groups is 1. The van der Waals surface area contributed by atoms with Crippen LogP contribution < -0.4 is 5.32 Å². The number of ether oxygens (including phenoxy) is 1. The van der Waals surface area contributed by atoms with Crippen LogP contribution in [0.1, 0.15) is 6.42 Å². The lowest BCUT2D eigenvalue weighted by Gasteiger charge is -2.10. The molecule has 0 aromatic carbocycles. The summed E-state index contributed by atoms with van der Waals surface area (Å²) in [7, 11) is 1.80. The quantitative estimate of drug-likeness (QED) is 0.432. The van der Waals surface area contributed by atoms with Crippen molar-refractivity contribution >= 4 is 14.0 Å². The highest BCUT2D eigenvalue weighted by molar-refractivity contribution is 6.83. The molecule has 0 aliphatic carbocycles. The second-order valence-electron chi connectivity index (χ2n) is 4.12. The van der Waals surface area contributed by atoms with Gasteiger partial charge in [-0.1, -0.05) is 19.6 Å². The summed E-state index contributed by atoms with van der Waals surface area (Å²) >= 11 is 0. The van der Waals surface area contributed by atoms with Crippen molar-refractivity contribution in [3.63, 3.8) is 0 Å². The fourth-order valence-corrected chi connectivity index (χ4v) is 1.50. The number of methoxy groups -OCH3 is 1. The molecule has 0 saturated carbocycles. The van der Waals surface area contributed by atoms with Crippen LogP contribution in [-0.2, 0) is 9.53 Å². The summed E-state index contributed by atoms with van der Waals surface area (Å²) in [6, 6.07) is -0.302. The molecule has 0 fully saturated rings. The van der Waals surface area contributed by atoms with Gasteiger partial charge in [-0.15, -0.1) is 11.5 Å². The van der Waals surface area contributed by atoms with Crippen molar-refractivity contribution in [2.24, 2.45) is 0 Å². The predicted octanol–water partition coefficient (Wildman–Crippen LogP) is 1.02. The van der Waals surface area contributed by atoms with Gasteiger partial charge in [-0.2, -0.15) is 0 Å². The summed E-state index contributed by atoms with van der Waals surface area (Å²) in [5.41, 5.74) is 3.21. The molecule has 0 spiro atoms. The number of hydrogen-bond donors (Lipinski definition) is 1. The van der Waals surface area contributed by atoms with Gasteiger partial charge < -0.3 is 10.1 Å². The van der Waals surface area contributed by atoms with E-state index in [9.17, 15) is 4.79 Å². The summed E-state index contributed by atoms with van der Waals surface area (Å²) in [5.74, 6) is 2.79. The molecule has 0 amide bonds. The molecule has 0 radical (unpaired) electrons. The first-order valence-corrected chi connectivity index (χ1v) is 8.16. The van der Waals surface area contributed by atoms with Crippen molar-refractivity contribution in [2.45, 2.75) is 32.1 Å². The van der Waals surface area contributed by atoms with E-state index in [-0.39, 0.29) is 12.0 Å². The van der Waals surface area contributed by atoms with Crippen molar-refractivity contribution < 1.29 is 9.53 Å². The second kappa shape index (κ2) is 5.84. The van der Waals surface area contributed by atoms with Crippen LogP contribution in [0.2, 0.25) is 19.6 Å². The molecule has 0 saturated heterocycles. The molecule has 0 heterocycles. The number of rotatable bonds is 3. The van der Waals surface area contributed by atoms with Crippen LogP contribution in [0.25, 0.3) is 0 Å².